The van der Waals surface area contributed by atoms with Crippen LogP contribution in [0.4, 0.5) is 11.4 Å². The summed E-state index contributed by atoms with van der Waals surface area (Å²) in [5.41, 5.74) is 7.65. The van der Waals surface area contributed by atoms with Gasteiger partial charge in [0.1, 0.15) is 0 Å². The number of nitrogens with one attached hydrogen (secondary N) is 1. The van der Waals surface area contributed by atoms with Gasteiger partial charge in [-0.15, -0.1) is 24.8 Å². The summed E-state index contributed by atoms with van der Waals surface area (Å²) in [7, 11) is 0. The molecule has 2 aromatic carbocycles. The minimum atomic E-state index is -0.337. The maximum Gasteiger partial charge on any atom is 0.253 e. The maximum atomic E-state index is 12.4. The van der Waals surface area contributed by atoms with Crippen LogP contribution in [0, 0.1) is 0 Å². The molecule has 0 atom stereocenters. The summed E-state index contributed by atoms with van der Waals surface area (Å²) in [6.07, 6.45) is 0. The largest absolute Gasteiger partial charge is 0.398 e. The van der Waals surface area contributed by atoms with Crippen molar-refractivity contribution < 1.29 is 9.59 Å². The zero-order chi connectivity index (χ0) is 18.5. The van der Waals surface area contributed by atoms with Crippen LogP contribution in [0.2, 0.25) is 5.02 Å². The summed E-state index contributed by atoms with van der Waals surface area (Å²) < 4.78 is 0. The molecule has 0 aromatic heterocycles. The number of halogens is 3. The Labute approximate surface area is 181 Å². The second kappa shape index (κ2) is 11.0. The van der Waals surface area contributed by atoms with E-state index in [-0.39, 0.29) is 43.2 Å². The molecule has 1 aliphatic heterocycles. The Balaban J connectivity index is 0.00000196. The number of para-hydroxylation sites is 1. The van der Waals surface area contributed by atoms with E-state index in [1.165, 1.54) is 0 Å². The molecule has 1 fully saturated rings. The lowest BCUT2D eigenvalue weighted by Gasteiger charge is -2.36. The van der Waals surface area contributed by atoms with Gasteiger partial charge in [-0.2, -0.15) is 0 Å². The zero-order valence-corrected chi connectivity index (χ0v) is 17.5. The molecule has 0 saturated carbocycles. The van der Waals surface area contributed by atoms with Crippen molar-refractivity contribution >= 4 is 59.6 Å². The Morgan fingerprint density at radius 2 is 1.57 bits per heavy atom. The molecule has 9 heteroatoms. The van der Waals surface area contributed by atoms with E-state index < -0.39 is 0 Å². The fraction of sp³-hybridized carbons (Fsp3) is 0.263. The standard InChI is InChI=1S/C19H21ClN4O2.2ClH/c20-14-5-7-15(8-6-14)23-9-11-24(12-10-23)18(25)13-22-19(26)16-3-1-2-4-17(16)21;;/h1-8H,9-13,21H2,(H,22,26);2*1H. The van der Waals surface area contributed by atoms with Gasteiger partial charge < -0.3 is 20.9 Å². The predicted molar refractivity (Wildman–Crippen MR) is 118 cm³/mol. The monoisotopic (exact) mass is 444 g/mol. The van der Waals surface area contributed by atoms with Crippen LogP contribution in [0.3, 0.4) is 0 Å². The number of amides is 2. The van der Waals surface area contributed by atoms with Gasteiger partial charge in [0.05, 0.1) is 12.1 Å². The topological polar surface area (TPSA) is 78.7 Å². The number of anilines is 2. The Bertz CT molecular complexity index is 794. The number of nitrogens with zero attached hydrogens (tertiary/aromatic N) is 2. The van der Waals surface area contributed by atoms with E-state index in [1.54, 1.807) is 29.2 Å². The van der Waals surface area contributed by atoms with Gasteiger partial charge in [0.25, 0.3) is 5.91 Å². The smallest absolute Gasteiger partial charge is 0.253 e. The van der Waals surface area contributed by atoms with Crippen molar-refractivity contribution in [2.45, 2.75) is 0 Å². The average Bonchev–Trinajstić information content (AvgIpc) is 2.67. The lowest BCUT2D eigenvalue weighted by molar-refractivity contribution is -0.130. The van der Waals surface area contributed by atoms with Gasteiger partial charge in [-0.25, -0.2) is 0 Å². The molecular formula is C19H23Cl3N4O2. The number of nitrogen functional groups attached to an aromatic ring is 1. The first kappa shape index (κ1) is 23.9. The fourth-order valence-corrected chi connectivity index (χ4v) is 3.06. The van der Waals surface area contributed by atoms with E-state index in [0.29, 0.717) is 29.4 Å². The number of hydrogen-bond donors (Lipinski definition) is 2. The molecule has 1 aliphatic rings. The highest BCUT2D eigenvalue weighted by Gasteiger charge is 2.22. The molecule has 0 unspecified atom stereocenters. The number of carbonyl (C=O) groups is 2. The van der Waals surface area contributed by atoms with Gasteiger partial charge in [-0.05, 0) is 36.4 Å². The van der Waals surface area contributed by atoms with Gasteiger partial charge in [0.15, 0.2) is 0 Å². The molecule has 6 nitrogen and oxygen atoms in total. The lowest BCUT2D eigenvalue weighted by Crippen LogP contribution is -2.51. The van der Waals surface area contributed by atoms with E-state index in [9.17, 15) is 9.59 Å². The first-order valence-corrected chi connectivity index (χ1v) is 8.83. The number of piperazine rings is 1. The Morgan fingerprint density at radius 3 is 2.18 bits per heavy atom. The van der Waals surface area contributed by atoms with Crippen molar-refractivity contribution in [3.8, 4) is 0 Å². The van der Waals surface area contributed by atoms with Gasteiger partial charge in [0.2, 0.25) is 5.91 Å². The number of nitrogens with two attached hydrogens (primary N) is 1. The third-order valence-corrected chi connectivity index (χ3v) is 4.68. The van der Waals surface area contributed by atoms with Gasteiger partial charge in [-0.1, -0.05) is 23.7 Å². The minimum Gasteiger partial charge on any atom is -0.398 e. The second-order valence-corrected chi connectivity index (χ2v) is 6.55. The fourth-order valence-electron chi connectivity index (χ4n) is 2.93. The van der Waals surface area contributed by atoms with Crippen LogP contribution in [0.25, 0.3) is 0 Å². The highest BCUT2D eigenvalue weighted by molar-refractivity contribution is 6.30. The third-order valence-electron chi connectivity index (χ3n) is 4.43. The van der Waals surface area contributed by atoms with Crippen molar-refractivity contribution in [3.05, 3.63) is 59.1 Å². The summed E-state index contributed by atoms with van der Waals surface area (Å²) in [5, 5.41) is 3.35. The highest BCUT2D eigenvalue weighted by atomic mass is 35.5. The normalized spacial score (nSPS) is 13.2. The highest BCUT2D eigenvalue weighted by Crippen LogP contribution is 2.19. The van der Waals surface area contributed by atoms with Crippen molar-refractivity contribution in [3.63, 3.8) is 0 Å². The van der Waals surface area contributed by atoms with Crippen LogP contribution in [0.5, 0.6) is 0 Å². The first-order valence-electron chi connectivity index (χ1n) is 8.45. The maximum absolute atomic E-state index is 12.4. The SMILES string of the molecule is Cl.Cl.Nc1ccccc1C(=O)NCC(=O)N1CCN(c2ccc(Cl)cc2)CC1. The quantitative estimate of drug-likeness (QED) is 0.709. The van der Waals surface area contributed by atoms with E-state index in [0.717, 1.165) is 18.8 Å². The molecule has 2 amide bonds. The van der Waals surface area contributed by atoms with Crippen LogP contribution in [0.1, 0.15) is 10.4 Å². The Morgan fingerprint density at radius 1 is 0.964 bits per heavy atom. The number of benzene rings is 2. The molecule has 0 spiro atoms. The van der Waals surface area contributed by atoms with Crippen molar-refractivity contribution in [2.75, 3.05) is 43.4 Å². The predicted octanol–water partition coefficient (Wildman–Crippen LogP) is 2.84. The van der Waals surface area contributed by atoms with Gasteiger partial charge >= 0.3 is 0 Å². The molecule has 152 valence electrons. The summed E-state index contributed by atoms with van der Waals surface area (Å²) in [6, 6.07) is 14.5. The molecule has 28 heavy (non-hydrogen) atoms. The molecule has 3 N–H and O–H groups in total. The Hall–Kier alpha value is -2.15. The van der Waals surface area contributed by atoms with Crippen molar-refractivity contribution in [1.29, 1.82) is 0 Å². The van der Waals surface area contributed by atoms with Gasteiger partial charge in [0, 0.05) is 42.6 Å². The van der Waals surface area contributed by atoms with Crippen LogP contribution in [-0.2, 0) is 4.79 Å². The molecule has 0 bridgehead atoms. The van der Waals surface area contributed by atoms with Crippen LogP contribution < -0.4 is 16.0 Å². The zero-order valence-electron chi connectivity index (χ0n) is 15.1. The molecule has 1 heterocycles. The molecule has 0 aliphatic carbocycles. The van der Waals surface area contributed by atoms with E-state index in [2.05, 4.69) is 10.2 Å². The first-order chi connectivity index (χ1) is 12.5. The second-order valence-electron chi connectivity index (χ2n) is 6.11. The van der Waals surface area contributed by atoms with Crippen molar-refractivity contribution in [2.24, 2.45) is 0 Å². The lowest BCUT2D eigenvalue weighted by atomic mass is 10.1. The van der Waals surface area contributed by atoms with E-state index in [1.807, 2.05) is 24.3 Å². The van der Waals surface area contributed by atoms with E-state index >= 15 is 0 Å². The van der Waals surface area contributed by atoms with Crippen molar-refractivity contribution in [1.82, 2.24) is 10.2 Å². The summed E-state index contributed by atoms with van der Waals surface area (Å²) >= 11 is 5.92. The molecule has 0 radical (unpaired) electrons. The number of rotatable bonds is 4. The summed E-state index contributed by atoms with van der Waals surface area (Å²) in [4.78, 5) is 28.5. The average molecular weight is 446 g/mol. The van der Waals surface area contributed by atoms with Gasteiger partial charge in [-0.3, -0.25) is 9.59 Å². The third kappa shape index (κ3) is 5.92. The van der Waals surface area contributed by atoms with Crippen LogP contribution >= 0.6 is 36.4 Å². The number of hydrogen-bond acceptors (Lipinski definition) is 4. The van der Waals surface area contributed by atoms with Crippen LogP contribution in [0.15, 0.2) is 48.5 Å². The number of carbonyl (C=O) groups excluding carboxylic acids is 2. The molecule has 2 aromatic rings. The van der Waals surface area contributed by atoms with Crippen LogP contribution in [-0.4, -0.2) is 49.4 Å². The minimum absolute atomic E-state index is 0. The molecule has 3 rings (SSSR count). The van der Waals surface area contributed by atoms with E-state index in [4.69, 9.17) is 17.3 Å². The summed E-state index contributed by atoms with van der Waals surface area (Å²) in [6.45, 7) is 2.68. The molecular weight excluding hydrogens is 423 g/mol. The summed E-state index contributed by atoms with van der Waals surface area (Å²) in [5.74, 6) is -0.431. The Kier molecular flexibility index (Phi) is 9.38. The molecule has 1 saturated heterocycles.